The van der Waals surface area contributed by atoms with Crippen LogP contribution in [0.4, 0.5) is 14.5 Å². The fourth-order valence-electron chi connectivity index (χ4n) is 1.60. The van der Waals surface area contributed by atoms with Gasteiger partial charge in [-0.3, -0.25) is 0 Å². The van der Waals surface area contributed by atoms with Crippen molar-refractivity contribution in [2.24, 2.45) is 0 Å². The molecular formula is C13H17F2NO2. The quantitative estimate of drug-likeness (QED) is 0.703. The van der Waals surface area contributed by atoms with E-state index >= 15 is 0 Å². The number of rotatable bonds is 7. The van der Waals surface area contributed by atoms with Crippen molar-refractivity contribution < 1.29 is 18.3 Å². The van der Waals surface area contributed by atoms with Crippen LogP contribution in [0.15, 0.2) is 24.3 Å². The van der Waals surface area contributed by atoms with Crippen LogP contribution in [0.2, 0.25) is 0 Å². The van der Waals surface area contributed by atoms with Crippen molar-refractivity contribution in [3.63, 3.8) is 0 Å². The second-order valence-electron chi connectivity index (χ2n) is 3.63. The van der Waals surface area contributed by atoms with E-state index in [2.05, 4.69) is 0 Å². The predicted octanol–water partition coefficient (Wildman–Crippen LogP) is 2.61. The van der Waals surface area contributed by atoms with Gasteiger partial charge in [-0.1, -0.05) is 0 Å². The van der Waals surface area contributed by atoms with Gasteiger partial charge in [-0.25, -0.2) is 13.6 Å². The van der Waals surface area contributed by atoms with Crippen LogP contribution in [0.3, 0.4) is 0 Å². The molecule has 1 aromatic rings. The molecule has 0 bridgehead atoms. The number of anilines is 1. The van der Waals surface area contributed by atoms with E-state index in [1.54, 1.807) is 36.1 Å². The first-order valence-electron chi connectivity index (χ1n) is 5.87. The fraction of sp³-hybridized carbons (Fsp3) is 0.462. The minimum atomic E-state index is -0.542. The van der Waals surface area contributed by atoms with Crippen molar-refractivity contribution in [3.05, 3.63) is 29.8 Å². The van der Waals surface area contributed by atoms with Crippen LogP contribution in [0.25, 0.3) is 0 Å². The molecule has 0 atom stereocenters. The van der Waals surface area contributed by atoms with Gasteiger partial charge in [0.25, 0.3) is 0 Å². The maximum Gasteiger partial charge on any atom is 0.338 e. The Labute approximate surface area is 105 Å². The lowest BCUT2D eigenvalue weighted by Gasteiger charge is -2.22. The van der Waals surface area contributed by atoms with E-state index in [4.69, 9.17) is 4.74 Å². The number of hydrogen-bond donors (Lipinski definition) is 0. The standard InChI is InChI=1S/C13H17F2NO2/c1-2-18-13(17)11-3-5-12(6-4-11)16(9-7-14)10-8-15/h3-6H,2,7-10H2,1H3. The molecule has 0 saturated carbocycles. The number of halogens is 2. The Balaban J connectivity index is 2.76. The molecule has 0 spiro atoms. The summed E-state index contributed by atoms with van der Waals surface area (Å²) in [5, 5.41) is 0. The van der Waals surface area contributed by atoms with Crippen LogP contribution in [0.1, 0.15) is 17.3 Å². The average molecular weight is 257 g/mol. The van der Waals surface area contributed by atoms with Gasteiger partial charge in [0.1, 0.15) is 13.3 Å². The third kappa shape index (κ3) is 3.98. The zero-order chi connectivity index (χ0) is 13.4. The van der Waals surface area contributed by atoms with E-state index in [-0.39, 0.29) is 13.1 Å². The molecule has 0 aliphatic rings. The minimum Gasteiger partial charge on any atom is -0.462 e. The van der Waals surface area contributed by atoms with Crippen LogP contribution < -0.4 is 4.90 Å². The highest BCUT2D eigenvalue weighted by atomic mass is 19.1. The van der Waals surface area contributed by atoms with Gasteiger partial charge in [-0.15, -0.1) is 0 Å². The lowest BCUT2D eigenvalue weighted by atomic mass is 10.2. The summed E-state index contributed by atoms with van der Waals surface area (Å²) in [6.45, 7) is 1.25. The van der Waals surface area contributed by atoms with Gasteiger partial charge in [0.2, 0.25) is 0 Å². The second-order valence-corrected chi connectivity index (χ2v) is 3.63. The molecule has 0 fully saturated rings. The molecule has 0 aliphatic carbocycles. The molecule has 1 aromatic carbocycles. The van der Waals surface area contributed by atoms with E-state index in [9.17, 15) is 13.6 Å². The van der Waals surface area contributed by atoms with E-state index < -0.39 is 19.3 Å². The van der Waals surface area contributed by atoms with Gasteiger partial charge in [0, 0.05) is 18.8 Å². The van der Waals surface area contributed by atoms with Crippen molar-refractivity contribution in [1.29, 1.82) is 0 Å². The Hall–Kier alpha value is -1.65. The summed E-state index contributed by atoms with van der Waals surface area (Å²) >= 11 is 0. The second kappa shape index (κ2) is 7.63. The van der Waals surface area contributed by atoms with E-state index in [0.717, 1.165) is 0 Å². The molecule has 0 aromatic heterocycles. The predicted molar refractivity (Wildman–Crippen MR) is 66.6 cm³/mol. The number of alkyl halides is 2. The van der Waals surface area contributed by atoms with Crippen LogP contribution in [0, 0.1) is 0 Å². The molecule has 1 rings (SSSR count). The van der Waals surface area contributed by atoms with Gasteiger partial charge < -0.3 is 9.64 Å². The molecular weight excluding hydrogens is 240 g/mol. The van der Waals surface area contributed by atoms with E-state index in [0.29, 0.717) is 17.9 Å². The van der Waals surface area contributed by atoms with Gasteiger partial charge in [-0.05, 0) is 31.2 Å². The Bertz CT molecular complexity index is 362. The number of hydrogen-bond acceptors (Lipinski definition) is 3. The largest absolute Gasteiger partial charge is 0.462 e. The minimum absolute atomic E-state index is 0.142. The lowest BCUT2D eigenvalue weighted by Crippen LogP contribution is -2.27. The average Bonchev–Trinajstić information content (AvgIpc) is 2.39. The van der Waals surface area contributed by atoms with Gasteiger partial charge in [0.05, 0.1) is 12.2 Å². The van der Waals surface area contributed by atoms with Crippen molar-refractivity contribution in [2.45, 2.75) is 6.92 Å². The molecule has 0 radical (unpaired) electrons. The zero-order valence-corrected chi connectivity index (χ0v) is 10.4. The van der Waals surface area contributed by atoms with E-state index in [1.165, 1.54) is 0 Å². The van der Waals surface area contributed by atoms with Crippen LogP contribution >= 0.6 is 0 Å². The summed E-state index contributed by atoms with van der Waals surface area (Å²) in [5.41, 5.74) is 1.12. The highest BCUT2D eigenvalue weighted by molar-refractivity contribution is 5.89. The molecule has 100 valence electrons. The van der Waals surface area contributed by atoms with Crippen LogP contribution in [-0.4, -0.2) is 39.0 Å². The molecule has 0 aliphatic heterocycles. The highest BCUT2D eigenvalue weighted by Gasteiger charge is 2.09. The Kier molecular flexibility index (Phi) is 6.11. The van der Waals surface area contributed by atoms with Crippen molar-refractivity contribution in [1.82, 2.24) is 0 Å². The third-order valence-electron chi connectivity index (χ3n) is 2.45. The fourth-order valence-corrected chi connectivity index (χ4v) is 1.60. The number of esters is 1. The first kappa shape index (κ1) is 14.4. The van der Waals surface area contributed by atoms with Crippen molar-refractivity contribution in [2.75, 3.05) is 37.9 Å². The molecule has 0 unspecified atom stereocenters. The normalized spacial score (nSPS) is 10.2. The van der Waals surface area contributed by atoms with Gasteiger partial charge in [0.15, 0.2) is 0 Å². The number of nitrogens with zero attached hydrogens (tertiary/aromatic N) is 1. The number of carbonyl (C=O) groups excluding carboxylic acids is 1. The number of carbonyl (C=O) groups is 1. The molecule has 0 amide bonds. The molecule has 0 N–H and O–H groups in total. The van der Waals surface area contributed by atoms with Crippen LogP contribution in [-0.2, 0) is 4.74 Å². The topological polar surface area (TPSA) is 29.5 Å². The summed E-state index contributed by atoms with van der Waals surface area (Å²) in [7, 11) is 0. The smallest absolute Gasteiger partial charge is 0.338 e. The zero-order valence-electron chi connectivity index (χ0n) is 10.4. The van der Waals surface area contributed by atoms with Crippen LogP contribution in [0.5, 0.6) is 0 Å². The summed E-state index contributed by atoms with van der Waals surface area (Å²) in [6, 6.07) is 6.52. The monoisotopic (exact) mass is 257 g/mol. The maximum absolute atomic E-state index is 12.3. The molecule has 0 heterocycles. The summed E-state index contributed by atoms with van der Waals surface area (Å²) in [6.07, 6.45) is 0. The van der Waals surface area contributed by atoms with E-state index in [1.807, 2.05) is 0 Å². The SMILES string of the molecule is CCOC(=O)c1ccc(N(CCF)CCF)cc1. The number of benzene rings is 1. The molecule has 5 heteroatoms. The molecule has 0 saturated heterocycles. The van der Waals surface area contributed by atoms with Crippen molar-refractivity contribution in [3.8, 4) is 0 Å². The van der Waals surface area contributed by atoms with Gasteiger partial charge >= 0.3 is 5.97 Å². The maximum atomic E-state index is 12.3. The first-order valence-corrected chi connectivity index (χ1v) is 5.87. The first-order chi connectivity index (χ1) is 8.72. The third-order valence-corrected chi connectivity index (χ3v) is 2.45. The Morgan fingerprint density at radius 3 is 2.17 bits per heavy atom. The number of ether oxygens (including phenoxy) is 1. The van der Waals surface area contributed by atoms with Crippen molar-refractivity contribution >= 4 is 11.7 Å². The summed E-state index contributed by atoms with van der Waals surface area (Å²) < 4.78 is 29.5. The summed E-state index contributed by atoms with van der Waals surface area (Å²) in [4.78, 5) is 13.0. The summed E-state index contributed by atoms with van der Waals surface area (Å²) in [5.74, 6) is -0.397. The molecule has 18 heavy (non-hydrogen) atoms. The Morgan fingerprint density at radius 2 is 1.72 bits per heavy atom. The lowest BCUT2D eigenvalue weighted by molar-refractivity contribution is 0.0526. The van der Waals surface area contributed by atoms with Gasteiger partial charge in [-0.2, -0.15) is 0 Å². The highest BCUT2D eigenvalue weighted by Crippen LogP contribution is 2.15. The Morgan fingerprint density at radius 1 is 1.17 bits per heavy atom. The molecule has 3 nitrogen and oxygen atoms in total.